The van der Waals surface area contributed by atoms with Gasteiger partial charge in [-0.3, -0.25) is 0 Å². The van der Waals surface area contributed by atoms with Gasteiger partial charge in [-0.1, -0.05) is 22.0 Å². The van der Waals surface area contributed by atoms with Gasteiger partial charge < -0.3 is 5.32 Å². The van der Waals surface area contributed by atoms with Gasteiger partial charge in [0.15, 0.2) is 9.84 Å². The second-order valence-electron chi connectivity index (χ2n) is 5.42. The van der Waals surface area contributed by atoms with Gasteiger partial charge in [0.2, 0.25) is 0 Å². The number of hydrogen-bond acceptors (Lipinski definition) is 3. The Labute approximate surface area is 128 Å². The van der Waals surface area contributed by atoms with Crippen LogP contribution in [0.2, 0.25) is 0 Å². The monoisotopic (exact) mass is 363 g/mol. The fourth-order valence-electron chi connectivity index (χ4n) is 2.83. The molecule has 2 atom stereocenters. The maximum absolute atomic E-state index is 13.9. The summed E-state index contributed by atoms with van der Waals surface area (Å²) >= 11 is 3.24. The Bertz CT molecular complexity index is 577. The van der Waals surface area contributed by atoms with Gasteiger partial charge in [0.05, 0.1) is 11.5 Å². The minimum absolute atomic E-state index is 0.121. The highest BCUT2D eigenvalue weighted by Crippen LogP contribution is 2.29. The molecule has 0 bridgehead atoms. The summed E-state index contributed by atoms with van der Waals surface area (Å²) in [6, 6.07) is 5.04. The van der Waals surface area contributed by atoms with Gasteiger partial charge in [0, 0.05) is 4.47 Å². The molecule has 1 saturated heterocycles. The van der Waals surface area contributed by atoms with Crippen LogP contribution in [0.25, 0.3) is 0 Å². The van der Waals surface area contributed by atoms with Crippen molar-refractivity contribution in [3.05, 3.63) is 34.1 Å². The van der Waals surface area contributed by atoms with Gasteiger partial charge in [-0.15, -0.1) is 0 Å². The van der Waals surface area contributed by atoms with Crippen LogP contribution in [0.1, 0.15) is 12.0 Å². The lowest BCUT2D eigenvalue weighted by Gasteiger charge is -2.22. The Morgan fingerprint density at radius 2 is 2.25 bits per heavy atom. The Morgan fingerprint density at radius 3 is 2.80 bits per heavy atom. The highest BCUT2D eigenvalue weighted by Gasteiger charge is 2.33. The summed E-state index contributed by atoms with van der Waals surface area (Å²) in [5.74, 6) is 0.530. The molecule has 2 rings (SSSR count). The predicted molar refractivity (Wildman–Crippen MR) is 82.0 cm³/mol. The van der Waals surface area contributed by atoms with Gasteiger partial charge in [-0.2, -0.15) is 0 Å². The molecule has 2 unspecified atom stereocenters. The molecule has 6 heteroatoms. The highest BCUT2D eigenvalue weighted by atomic mass is 79.9. The minimum atomic E-state index is -2.90. The third kappa shape index (κ3) is 4.02. The Kier molecular flexibility index (Phi) is 5.20. The number of sulfone groups is 1. The van der Waals surface area contributed by atoms with Crippen LogP contribution >= 0.6 is 15.9 Å². The fourth-order valence-corrected chi connectivity index (χ4v) is 5.09. The van der Waals surface area contributed by atoms with E-state index in [9.17, 15) is 12.8 Å². The van der Waals surface area contributed by atoms with Crippen molar-refractivity contribution in [3.63, 3.8) is 0 Å². The summed E-state index contributed by atoms with van der Waals surface area (Å²) in [4.78, 5) is 0. The van der Waals surface area contributed by atoms with Crippen molar-refractivity contribution in [2.24, 2.45) is 11.8 Å². The Hall–Kier alpha value is -0.460. The Balaban J connectivity index is 2.13. The van der Waals surface area contributed by atoms with Gasteiger partial charge in [0.1, 0.15) is 5.82 Å². The van der Waals surface area contributed by atoms with Gasteiger partial charge >= 0.3 is 0 Å². The molecule has 0 amide bonds. The van der Waals surface area contributed by atoms with Gasteiger partial charge in [-0.05, 0) is 56.0 Å². The average molecular weight is 364 g/mol. The first kappa shape index (κ1) is 15.9. The first-order valence-electron chi connectivity index (χ1n) is 6.70. The van der Waals surface area contributed by atoms with Gasteiger partial charge in [0.25, 0.3) is 0 Å². The second kappa shape index (κ2) is 6.54. The van der Waals surface area contributed by atoms with E-state index in [1.54, 1.807) is 6.07 Å². The molecule has 1 N–H and O–H groups in total. The van der Waals surface area contributed by atoms with Crippen LogP contribution in [-0.2, 0) is 16.3 Å². The average Bonchev–Trinajstić information content (AvgIpc) is 2.72. The third-order valence-electron chi connectivity index (χ3n) is 3.90. The lowest BCUT2D eigenvalue weighted by atomic mass is 9.86. The topological polar surface area (TPSA) is 46.2 Å². The minimum Gasteiger partial charge on any atom is -0.319 e. The van der Waals surface area contributed by atoms with E-state index in [-0.39, 0.29) is 29.2 Å². The van der Waals surface area contributed by atoms with E-state index in [1.807, 2.05) is 13.1 Å². The summed E-state index contributed by atoms with van der Waals surface area (Å²) in [6.45, 7) is 0.704. The lowest BCUT2D eigenvalue weighted by Crippen LogP contribution is -2.29. The van der Waals surface area contributed by atoms with Crippen LogP contribution in [0.5, 0.6) is 0 Å². The van der Waals surface area contributed by atoms with Crippen LogP contribution < -0.4 is 5.32 Å². The number of nitrogens with one attached hydrogen (secondary N) is 1. The zero-order valence-electron chi connectivity index (χ0n) is 11.4. The quantitative estimate of drug-likeness (QED) is 0.873. The number of hydrogen-bond donors (Lipinski definition) is 1. The van der Waals surface area contributed by atoms with E-state index >= 15 is 0 Å². The van der Waals surface area contributed by atoms with Crippen LogP contribution in [0.3, 0.4) is 0 Å². The number of halogens is 2. The maximum atomic E-state index is 13.9. The summed E-state index contributed by atoms with van der Waals surface area (Å²) < 4.78 is 37.9. The van der Waals surface area contributed by atoms with E-state index in [0.29, 0.717) is 29.4 Å². The van der Waals surface area contributed by atoms with Crippen LogP contribution in [0.15, 0.2) is 22.7 Å². The van der Waals surface area contributed by atoms with Gasteiger partial charge in [-0.25, -0.2) is 12.8 Å². The van der Waals surface area contributed by atoms with Crippen molar-refractivity contribution in [2.75, 3.05) is 25.1 Å². The largest absolute Gasteiger partial charge is 0.319 e. The maximum Gasteiger partial charge on any atom is 0.150 e. The number of benzene rings is 1. The molecule has 0 saturated carbocycles. The zero-order chi connectivity index (χ0) is 14.8. The van der Waals surface area contributed by atoms with Crippen molar-refractivity contribution < 1.29 is 12.8 Å². The molecule has 0 spiro atoms. The zero-order valence-corrected chi connectivity index (χ0v) is 13.8. The first-order chi connectivity index (χ1) is 9.41. The van der Waals surface area contributed by atoms with Crippen molar-refractivity contribution in [1.29, 1.82) is 0 Å². The van der Waals surface area contributed by atoms with E-state index in [1.165, 1.54) is 6.07 Å². The molecule has 3 nitrogen and oxygen atoms in total. The molecule has 1 aliphatic heterocycles. The van der Waals surface area contributed by atoms with E-state index in [0.717, 1.165) is 0 Å². The highest BCUT2D eigenvalue weighted by molar-refractivity contribution is 9.10. The third-order valence-corrected chi connectivity index (χ3v) is 6.18. The molecular formula is C14H19BrFNO2S. The summed E-state index contributed by atoms with van der Waals surface area (Å²) in [5.41, 5.74) is 0.651. The molecule has 20 heavy (non-hydrogen) atoms. The molecule has 1 fully saturated rings. The molecule has 0 aliphatic carbocycles. The Morgan fingerprint density at radius 1 is 1.50 bits per heavy atom. The molecule has 1 aliphatic rings. The summed E-state index contributed by atoms with van der Waals surface area (Å²) in [5, 5.41) is 3.10. The molecule has 1 aromatic carbocycles. The van der Waals surface area contributed by atoms with Crippen molar-refractivity contribution in [3.8, 4) is 0 Å². The van der Waals surface area contributed by atoms with Crippen molar-refractivity contribution in [2.45, 2.75) is 12.8 Å². The predicted octanol–water partition coefficient (Wildman–Crippen LogP) is 2.40. The molecule has 0 radical (unpaired) electrons. The van der Waals surface area contributed by atoms with E-state index < -0.39 is 9.84 Å². The molecule has 0 aromatic heterocycles. The molecule has 1 aromatic rings. The lowest BCUT2D eigenvalue weighted by molar-refractivity contribution is 0.348. The first-order valence-corrected chi connectivity index (χ1v) is 9.31. The standard InChI is InChI=1S/C14H19BrFNO2S/c1-17-8-12(11-4-5-20(18,19)9-11)6-10-2-3-13(15)7-14(10)16/h2-3,7,11-12,17H,4-6,8-9H2,1H3. The number of rotatable bonds is 5. The summed E-state index contributed by atoms with van der Waals surface area (Å²) in [6.07, 6.45) is 1.26. The van der Waals surface area contributed by atoms with Crippen LogP contribution in [0.4, 0.5) is 4.39 Å². The summed E-state index contributed by atoms with van der Waals surface area (Å²) in [7, 11) is -1.06. The smallest absolute Gasteiger partial charge is 0.150 e. The molecule has 112 valence electrons. The molecular weight excluding hydrogens is 345 g/mol. The fraction of sp³-hybridized carbons (Fsp3) is 0.571. The molecule has 1 heterocycles. The van der Waals surface area contributed by atoms with E-state index in [2.05, 4.69) is 21.2 Å². The SMILES string of the molecule is CNCC(Cc1ccc(Br)cc1F)C1CCS(=O)(=O)C1. The normalized spacial score (nSPS) is 22.9. The van der Waals surface area contributed by atoms with Crippen LogP contribution in [-0.4, -0.2) is 33.5 Å². The van der Waals surface area contributed by atoms with Crippen molar-refractivity contribution in [1.82, 2.24) is 5.32 Å². The van der Waals surface area contributed by atoms with Crippen LogP contribution in [0, 0.1) is 17.7 Å². The van der Waals surface area contributed by atoms with E-state index in [4.69, 9.17) is 0 Å². The second-order valence-corrected chi connectivity index (χ2v) is 8.57. The van der Waals surface area contributed by atoms with Crippen molar-refractivity contribution >= 4 is 25.8 Å².